The SMILES string of the molecule is CCCNc1nc(NCC(F)(F)F)c2cc(C)sc2n1. The highest BCUT2D eigenvalue weighted by atomic mass is 32.1. The van der Waals surface area contributed by atoms with Crippen LogP contribution in [0.1, 0.15) is 18.2 Å². The molecule has 2 heterocycles. The quantitative estimate of drug-likeness (QED) is 0.882. The summed E-state index contributed by atoms with van der Waals surface area (Å²) in [5.41, 5.74) is 0. The topological polar surface area (TPSA) is 49.8 Å². The average molecular weight is 304 g/mol. The van der Waals surface area contributed by atoms with Crippen LogP contribution in [0.2, 0.25) is 0 Å². The number of rotatable bonds is 5. The third-order valence-corrected chi connectivity index (χ3v) is 3.45. The Bertz CT molecular complexity index is 594. The maximum absolute atomic E-state index is 12.3. The van der Waals surface area contributed by atoms with Crippen LogP contribution in [0.5, 0.6) is 0 Å². The molecule has 0 unspecified atom stereocenters. The molecule has 0 saturated heterocycles. The molecule has 0 saturated carbocycles. The number of aromatic nitrogens is 2. The second-order valence-corrected chi connectivity index (χ2v) is 5.60. The van der Waals surface area contributed by atoms with E-state index in [0.29, 0.717) is 22.7 Å². The smallest absolute Gasteiger partial charge is 0.360 e. The molecule has 2 aromatic rings. The molecule has 2 aromatic heterocycles. The van der Waals surface area contributed by atoms with Crippen LogP contribution in [0.25, 0.3) is 10.2 Å². The Morgan fingerprint density at radius 1 is 1.25 bits per heavy atom. The molecular formula is C12H15F3N4S. The Labute approximate surface area is 118 Å². The predicted molar refractivity (Wildman–Crippen MR) is 75.5 cm³/mol. The minimum absolute atomic E-state index is 0.218. The first-order valence-corrected chi connectivity index (χ1v) is 7.03. The summed E-state index contributed by atoms with van der Waals surface area (Å²) in [5.74, 6) is 0.571. The lowest BCUT2D eigenvalue weighted by atomic mass is 10.3. The fraction of sp³-hybridized carbons (Fsp3) is 0.500. The summed E-state index contributed by atoms with van der Waals surface area (Å²) in [6.45, 7) is 3.44. The molecule has 20 heavy (non-hydrogen) atoms. The van der Waals surface area contributed by atoms with Crippen molar-refractivity contribution in [3.05, 3.63) is 10.9 Å². The Balaban J connectivity index is 2.33. The Hall–Kier alpha value is -1.57. The van der Waals surface area contributed by atoms with Crippen LogP contribution < -0.4 is 10.6 Å². The van der Waals surface area contributed by atoms with E-state index >= 15 is 0 Å². The van der Waals surface area contributed by atoms with Gasteiger partial charge in [-0.3, -0.25) is 0 Å². The molecular weight excluding hydrogens is 289 g/mol. The summed E-state index contributed by atoms with van der Waals surface area (Å²) in [5, 5.41) is 5.97. The monoisotopic (exact) mass is 304 g/mol. The number of thiophene rings is 1. The Kier molecular flexibility index (Phi) is 4.32. The maximum Gasteiger partial charge on any atom is 0.405 e. The number of fused-ring (bicyclic) bond motifs is 1. The van der Waals surface area contributed by atoms with Crippen molar-refractivity contribution in [3.63, 3.8) is 0 Å². The van der Waals surface area contributed by atoms with Crippen molar-refractivity contribution in [1.82, 2.24) is 9.97 Å². The molecule has 0 spiro atoms. The number of alkyl halides is 3. The van der Waals surface area contributed by atoms with E-state index in [0.717, 1.165) is 11.3 Å². The van der Waals surface area contributed by atoms with Gasteiger partial charge in [-0.25, -0.2) is 4.98 Å². The Morgan fingerprint density at radius 2 is 2.00 bits per heavy atom. The van der Waals surface area contributed by atoms with Gasteiger partial charge in [0.2, 0.25) is 5.95 Å². The number of halogens is 3. The average Bonchev–Trinajstić information content (AvgIpc) is 2.72. The molecule has 0 bridgehead atoms. The van der Waals surface area contributed by atoms with Crippen molar-refractivity contribution >= 4 is 33.3 Å². The third-order valence-electron chi connectivity index (χ3n) is 2.51. The van der Waals surface area contributed by atoms with E-state index in [-0.39, 0.29) is 5.82 Å². The van der Waals surface area contributed by atoms with Gasteiger partial charge >= 0.3 is 6.18 Å². The van der Waals surface area contributed by atoms with Gasteiger partial charge in [-0.05, 0) is 19.4 Å². The zero-order chi connectivity index (χ0) is 14.8. The lowest BCUT2D eigenvalue weighted by Crippen LogP contribution is -2.22. The first kappa shape index (κ1) is 14.8. The fourth-order valence-electron chi connectivity index (χ4n) is 1.68. The fourth-order valence-corrected chi connectivity index (χ4v) is 2.56. The summed E-state index contributed by atoms with van der Waals surface area (Å²) < 4.78 is 37.0. The normalized spacial score (nSPS) is 11.8. The minimum atomic E-state index is -4.28. The van der Waals surface area contributed by atoms with Crippen LogP contribution in [0.3, 0.4) is 0 Å². The van der Waals surface area contributed by atoms with Crippen LogP contribution in [-0.4, -0.2) is 29.2 Å². The zero-order valence-electron chi connectivity index (χ0n) is 11.1. The van der Waals surface area contributed by atoms with Gasteiger partial charge in [-0.15, -0.1) is 11.3 Å². The number of hydrogen-bond acceptors (Lipinski definition) is 5. The molecule has 0 fully saturated rings. The van der Waals surface area contributed by atoms with E-state index in [1.165, 1.54) is 11.3 Å². The Morgan fingerprint density at radius 3 is 2.65 bits per heavy atom. The van der Waals surface area contributed by atoms with Gasteiger partial charge in [0.25, 0.3) is 0 Å². The third kappa shape index (κ3) is 3.72. The van der Waals surface area contributed by atoms with Crippen molar-refractivity contribution in [1.29, 1.82) is 0 Å². The molecule has 0 aliphatic heterocycles. The lowest BCUT2D eigenvalue weighted by Gasteiger charge is -2.11. The minimum Gasteiger partial charge on any atom is -0.360 e. The highest BCUT2D eigenvalue weighted by Crippen LogP contribution is 2.30. The molecule has 0 radical (unpaired) electrons. The summed E-state index contributed by atoms with van der Waals surface area (Å²) in [7, 11) is 0. The largest absolute Gasteiger partial charge is 0.405 e. The zero-order valence-corrected chi connectivity index (χ0v) is 12.0. The van der Waals surface area contributed by atoms with Crippen molar-refractivity contribution in [2.24, 2.45) is 0 Å². The first-order valence-electron chi connectivity index (χ1n) is 6.21. The van der Waals surface area contributed by atoms with Gasteiger partial charge in [-0.2, -0.15) is 18.2 Å². The summed E-state index contributed by atoms with van der Waals surface area (Å²) >= 11 is 1.43. The lowest BCUT2D eigenvalue weighted by molar-refractivity contribution is -0.115. The molecule has 8 heteroatoms. The molecule has 0 atom stereocenters. The molecule has 0 amide bonds. The number of anilines is 2. The standard InChI is InChI=1S/C12H15F3N4S/c1-3-4-16-11-18-9(17-6-12(13,14)15)8-5-7(2)20-10(8)19-11/h5H,3-4,6H2,1-2H3,(H2,16,17,18,19). The maximum atomic E-state index is 12.3. The van der Waals surface area contributed by atoms with E-state index in [2.05, 4.69) is 20.6 Å². The molecule has 110 valence electrons. The molecule has 0 aliphatic carbocycles. The number of hydrogen-bond donors (Lipinski definition) is 2. The summed E-state index contributed by atoms with van der Waals surface area (Å²) in [4.78, 5) is 10.1. The van der Waals surface area contributed by atoms with E-state index in [1.54, 1.807) is 6.07 Å². The van der Waals surface area contributed by atoms with E-state index in [9.17, 15) is 13.2 Å². The number of nitrogens with one attached hydrogen (secondary N) is 2. The van der Waals surface area contributed by atoms with Crippen molar-refractivity contribution < 1.29 is 13.2 Å². The summed E-state index contributed by atoms with van der Waals surface area (Å²) in [6.07, 6.45) is -3.39. The van der Waals surface area contributed by atoms with Gasteiger partial charge < -0.3 is 10.6 Å². The number of aryl methyl sites for hydroxylation is 1. The molecule has 0 aliphatic rings. The van der Waals surface area contributed by atoms with Gasteiger partial charge in [0.1, 0.15) is 17.2 Å². The first-order chi connectivity index (χ1) is 9.39. The molecule has 2 N–H and O–H groups in total. The van der Waals surface area contributed by atoms with E-state index in [4.69, 9.17) is 0 Å². The highest BCUT2D eigenvalue weighted by molar-refractivity contribution is 7.18. The van der Waals surface area contributed by atoms with Crippen molar-refractivity contribution in [3.8, 4) is 0 Å². The van der Waals surface area contributed by atoms with Crippen molar-refractivity contribution in [2.75, 3.05) is 23.7 Å². The highest BCUT2D eigenvalue weighted by Gasteiger charge is 2.27. The van der Waals surface area contributed by atoms with Gasteiger partial charge in [0.05, 0.1) is 5.39 Å². The number of nitrogens with zero attached hydrogens (tertiary/aromatic N) is 2. The van der Waals surface area contributed by atoms with Crippen LogP contribution in [-0.2, 0) is 0 Å². The van der Waals surface area contributed by atoms with Gasteiger partial charge in [0.15, 0.2) is 0 Å². The molecule has 4 nitrogen and oxygen atoms in total. The van der Waals surface area contributed by atoms with Crippen LogP contribution >= 0.6 is 11.3 Å². The second kappa shape index (κ2) is 5.82. The van der Waals surface area contributed by atoms with Crippen LogP contribution in [0.15, 0.2) is 6.07 Å². The van der Waals surface area contributed by atoms with Crippen LogP contribution in [0, 0.1) is 6.92 Å². The second-order valence-electron chi connectivity index (χ2n) is 4.37. The van der Waals surface area contributed by atoms with Crippen molar-refractivity contribution in [2.45, 2.75) is 26.4 Å². The van der Waals surface area contributed by atoms with E-state index in [1.807, 2.05) is 13.8 Å². The molecule has 2 rings (SSSR count). The van der Waals surface area contributed by atoms with Crippen LogP contribution in [0.4, 0.5) is 24.9 Å². The van der Waals surface area contributed by atoms with Gasteiger partial charge in [-0.1, -0.05) is 6.92 Å². The predicted octanol–water partition coefficient (Wildman–Crippen LogP) is 3.80. The van der Waals surface area contributed by atoms with E-state index < -0.39 is 12.7 Å². The molecule has 0 aromatic carbocycles. The summed E-state index contributed by atoms with van der Waals surface area (Å²) in [6, 6.07) is 1.79. The van der Waals surface area contributed by atoms with Gasteiger partial charge in [0, 0.05) is 11.4 Å².